The number of benzene rings is 2. The molecular weight excluding hydrogens is 588 g/mol. The second-order valence-corrected chi connectivity index (χ2v) is 14.6. The third-order valence-electron chi connectivity index (χ3n) is 9.83. The van der Waals surface area contributed by atoms with Gasteiger partial charge in [0.2, 0.25) is 5.91 Å². The van der Waals surface area contributed by atoms with Crippen molar-refractivity contribution in [1.82, 2.24) is 20.0 Å². The van der Waals surface area contributed by atoms with Crippen LogP contribution in [0.25, 0.3) is 0 Å². The number of sulfone groups is 1. The monoisotopic (exact) mass is 628 g/mol. The lowest BCUT2D eigenvalue weighted by Crippen LogP contribution is -2.55. The zero-order chi connectivity index (χ0) is 29.5. The standard InChI is InChI=1S/C32H40N4O5S.ClH/c1-42(40,41)27-13-11-23(12-14-27)19-36-30(38)32(33-31(36)39)15-17-34(18-16-32)20-26-21-35(29(37)25-9-5-6-10-25)22-28(26)24-7-3-2-4-8-24;/h2-4,7-8,11-14,25-26,28H,5-6,9-10,15-22H2,1H3,(H,33,39);1H. The molecule has 9 nitrogen and oxygen atoms in total. The second kappa shape index (κ2) is 12.6. The molecule has 2 aromatic carbocycles. The molecule has 0 radical (unpaired) electrons. The minimum absolute atomic E-state index is 0. The zero-order valence-electron chi connectivity index (χ0n) is 24.6. The van der Waals surface area contributed by atoms with E-state index in [0.717, 1.165) is 51.6 Å². The molecule has 11 heteroatoms. The van der Waals surface area contributed by atoms with Gasteiger partial charge < -0.3 is 15.1 Å². The number of likely N-dealkylation sites (tertiary alicyclic amines) is 2. The molecule has 1 saturated carbocycles. The van der Waals surface area contributed by atoms with E-state index in [9.17, 15) is 22.8 Å². The SMILES string of the molecule is CS(=O)(=O)c1ccc(CN2C(=O)NC3(CCN(CC4CN(C(=O)C5CCCC5)CC4c4ccccc4)CC3)C2=O)cc1.Cl. The molecule has 4 amide bonds. The molecule has 3 saturated heterocycles. The van der Waals surface area contributed by atoms with Crippen molar-refractivity contribution in [2.24, 2.45) is 11.8 Å². The van der Waals surface area contributed by atoms with Crippen LogP contribution in [0.4, 0.5) is 4.79 Å². The van der Waals surface area contributed by atoms with Gasteiger partial charge in [-0.3, -0.25) is 14.5 Å². The summed E-state index contributed by atoms with van der Waals surface area (Å²) in [6, 6.07) is 16.4. The number of amides is 4. The van der Waals surface area contributed by atoms with Crippen LogP contribution < -0.4 is 5.32 Å². The Morgan fingerprint density at radius 3 is 2.23 bits per heavy atom. The van der Waals surface area contributed by atoms with Gasteiger partial charge in [0.15, 0.2) is 9.84 Å². The summed E-state index contributed by atoms with van der Waals surface area (Å²) >= 11 is 0. The summed E-state index contributed by atoms with van der Waals surface area (Å²) in [5.74, 6) is 0.874. The third-order valence-corrected chi connectivity index (χ3v) is 11.0. The number of nitrogens with one attached hydrogen (secondary N) is 1. The van der Waals surface area contributed by atoms with Gasteiger partial charge in [0.05, 0.1) is 11.4 Å². The maximum absolute atomic E-state index is 13.5. The number of urea groups is 1. The van der Waals surface area contributed by atoms with Crippen molar-refractivity contribution in [3.63, 3.8) is 0 Å². The van der Waals surface area contributed by atoms with Crippen LogP contribution in [0.3, 0.4) is 0 Å². The van der Waals surface area contributed by atoms with E-state index in [0.29, 0.717) is 43.3 Å². The van der Waals surface area contributed by atoms with Gasteiger partial charge in [-0.1, -0.05) is 55.3 Å². The fraction of sp³-hybridized carbons (Fsp3) is 0.531. The van der Waals surface area contributed by atoms with Gasteiger partial charge in [-0.2, -0.15) is 0 Å². The third kappa shape index (κ3) is 6.47. The summed E-state index contributed by atoms with van der Waals surface area (Å²) < 4.78 is 23.5. The fourth-order valence-electron chi connectivity index (χ4n) is 7.38. The number of hydrogen-bond donors (Lipinski definition) is 1. The summed E-state index contributed by atoms with van der Waals surface area (Å²) in [4.78, 5) is 45.7. The summed E-state index contributed by atoms with van der Waals surface area (Å²) in [6.45, 7) is 3.86. The molecule has 0 bridgehead atoms. The second-order valence-electron chi connectivity index (χ2n) is 12.6. The van der Waals surface area contributed by atoms with Crippen molar-refractivity contribution in [3.8, 4) is 0 Å². The molecule has 3 aliphatic heterocycles. The van der Waals surface area contributed by atoms with Gasteiger partial charge >= 0.3 is 6.03 Å². The molecule has 2 aromatic rings. The first kappa shape index (κ1) is 31.5. The first-order valence-corrected chi connectivity index (χ1v) is 17.0. The van der Waals surface area contributed by atoms with Crippen molar-refractivity contribution < 1.29 is 22.8 Å². The van der Waals surface area contributed by atoms with Crippen LogP contribution in [0.15, 0.2) is 59.5 Å². The van der Waals surface area contributed by atoms with Crippen molar-refractivity contribution >= 4 is 40.1 Å². The predicted octanol–water partition coefficient (Wildman–Crippen LogP) is 3.83. The Labute approximate surface area is 260 Å². The normalized spacial score (nSPS) is 24.4. The molecule has 1 spiro atoms. The van der Waals surface area contributed by atoms with Crippen LogP contribution in [-0.4, -0.2) is 85.5 Å². The van der Waals surface area contributed by atoms with Crippen molar-refractivity contribution in [1.29, 1.82) is 0 Å². The smallest absolute Gasteiger partial charge is 0.325 e. The number of nitrogens with zero attached hydrogens (tertiary/aromatic N) is 3. The Balaban J connectivity index is 0.00000368. The van der Waals surface area contributed by atoms with Gasteiger partial charge in [-0.15, -0.1) is 12.4 Å². The molecule has 43 heavy (non-hydrogen) atoms. The van der Waals surface area contributed by atoms with Gasteiger partial charge in [0.25, 0.3) is 5.91 Å². The lowest BCUT2D eigenvalue weighted by atomic mass is 9.85. The molecule has 1 N–H and O–H groups in total. The highest BCUT2D eigenvalue weighted by Crippen LogP contribution is 2.38. The highest BCUT2D eigenvalue weighted by molar-refractivity contribution is 7.90. The van der Waals surface area contributed by atoms with Crippen molar-refractivity contribution in [2.45, 2.75) is 61.4 Å². The number of rotatable bonds is 7. The van der Waals surface area contributed by atoms with Crippen LogP contribution >= 0.6 is 12.4 Å². The Kier molecular flexibility index (Phi) is 9.20. The Bertz CT molecular complexity index is 1440. The van der Waals surface area contributed by atoms with Gasteiger partial charge in [0.1, 0.15) is 5.54 Å². The van der Waals surface area contributed by atoms with E-state index in [-0.39, 0.29) is 41.6 Å². The maximum Gasteiger partial charge on any atom is 0.325 e. The van der Waals surface area contributed by atoms with E-state index in [1.807, 2.05) is 6.07 Å². The number of hydrogen-bond acceptors (Lipinski definition) is 6. The Morgan fingerprint density at radius 2 is 1.60 bits per heavy atom. The zero-order valence-corrected chi connectivity index (χ0v) is 26.2. The van der Waals surface area contributed by atoms with Crippen LogP contribution in [-0.2, 0) is 26.0 Å². The summed E-state index contributed by atoms with van der Waals surface area (Å²) in [5.41, 5.74) is 1.07. The number of piperidine rings is 1. The van der Waals surface area contributed by atoms with Crippen LogP contribution in [0.2, 0.25) is 0 Å². The number of carbonyl (C=O) groups is 3. The Morgan fingerprint density at radius 1 is 0.953 bits per heavy atom. The number of halogens is 1. The van der Waals surface area contributed by atoms with E-state index in [2.05, 4.69) is 39.4 Å². The van der Waals surface area contributed by atoms with Gasteiger partial charge in [-0.25, -0.2) is 13.2 Å². The van der Waals surface area contributed by atoms with E-state index in [4.69, 9.17) is 0 Å². The molecule has 2 unspecified atom stereocenters. The average molecular weight is 629 g/mol. The minimum Gasteiger partial charge on any atom is -0.341 e. The molecule has 2 atom stereocenters. The molecule has 1 aliphatic carbocycles. The quantitative estimate of drug-likeness (QED) is 0.467. The summed E-state index contributed by atoms with van der Waals surface area (Å²) in [7, 11) is -3.32. The van der Waals surface area contributed by atoms with Gasteiger partial charge in [0, 0.05) is 50.8 Å². The number of imide groups is 1. The fourth-order valence-corrected chi connectivity index (χ4v) is 8.01. The predicted molar refractivity (Wildman–Crippen MR) is 165 cm³/mol. The molecule has 0 aromatic heterocycles. The lowest BCUT2D eigenvalue weighted by Gasteiger charge is -2.38. The maximum atomic E-state index is 13.5. The largest absolute Gasteiger partial charge is 0.341 e. The molecule has 232 valence electrons. The van der Waals surface area contributed by atoms with Crippen LogP contribution in [0.1, 0.15) is 55.6 Å². The Hall–Kier alpha value is -2.95. The van der Waals surface area contributed by atoms with E-state index < -0.39 is 21.4 Å². The lowest BCUT2D eigenvalue weighted by molar-refractivity contribution is -0.135. The molecule has 4 fully saturated rings. The number of carbonyl (C=O) groups excluding carboxylic acids is 3. The first-order valence-electron chi connectivity index (χ1n) is 15.1. The highest BCUT2D eigenvalue weighted by Gasteiger charge is 2.52. The molecule has 4 aliphatic rings. The molecule has 3 heterocycles. The van der Waals surface area contributed by atoms with Crippen molar-refractivity contribution in [3.05, 3.63) is 65.7 Å². The van der Waals surface area contributed by atoms with E-state index in [1.54, 1.807) is 12.1 Å². The van der Waals surface area contributed by atoms with E-state index >= 15 is 0 Å². The van der Waals surface area contributed by atoms with Crippen molar-refractivity contribution in [2.75, 3.05) is 39.0 Å². The summed E-state index contributed by atoms with van der Waals surface area (Å²) in [5, 5.41) is 2.99. The highest BCUT2D eigenvalue weighted by atomic mass is 35.5. The van der Waals surface area contributed by atoms with Crippen LogP contribution in [0, 0.1) is 11.8 Å². The molecule has 6 rings (SSSR count). The van der Waals surface area contributed by atoms with Gasteiger partial charge in [-0.05, 0) is 54.9 Å². The van der Waals surface area contributed by atoms with Crippen LogP contribution in [0.5, 0.6) is 0 Å². The topological polar surface area (TPSA) is 107 Å². The van der Waals surface area contributed by atoms with E-state index in [1.165, 1.54) is 22.6 Å². The average Bonchev–Trinajstić information content (AvgIpc) is 3.71. The minimum atomic E-state index is -3.32. The first-order chi connectivity index (χ1) is 20.1. The summed E-state index contributed by atoms with van der Waals surface area (Å²) in [6.07, 6.45) is 6.53. The molecular formula is C32H41ClN4O5S.